The van der Waals surface area contributed by atoms with Crippen molar-refractivity contribution in [3.8, 4) is 23.3 Å². The predicted octanol–water partition coefficient (Wildman–Crippen LogP) is 4.84. The predicted molar refractivity (Wildman–Crippen MR) is 126 cm³/mol. The number of carbonyl (C=O) groups is 1. The van der Waals surface area contributed by atoms with Crippen LogP contribution in [0.2, 0.25) is 19.6 Å². The van der Waals surface area contributed by atoms with E-state index in [1.807, 2.05) is 37.1 Å². The van der Waals surface area contributed by atoms with Gasteiger partial charge in [-0.15, -0.1) is 10.7 Å². The Morgan fingerprint density at radius 3 is 2.35 bits per heavy atom. The largest absolute Gasteiger partial charge is 0.465 e. The van der Waals surface area contributed by atoms with Crippen molar-refractivity contribution in [2.24, 2.45) is 10.3 Å². The van der Waals surface area contributed by atoms with Gasteiger partial charge in [-0.1, -0.05) is 42.8 Å². The molecule has 0 saturated heterocycles. The van der Waals surface area contributed by atoms with Gasteiger partial charge in [-0.05, 0) is 50.1 Å². The molecule has 1 aromatic carbocycles. The summed E-state index contributed by atoms with van der Waals surface area (Å²) in [4.78, 5) is 16.6. The molecule has 0 bridgehead atoms. The van der Waals surface area contributed by atoms with Gasteiger partial charge < -0.3 is 4.74 Å². The third kappa shape index (κ3) is 8.08. The smallest absolute Gasteiger partial charge is 0.337 e. The monoisotopic (exact) mass is 432 g/mol. The van der Waals surface area contributed by atoms with Crippen molar-refractivity contribution in [1.29, 1.82) is 0 Å². The minimum absolute atomic E-state index is 0.366. The van der Waals surface area contributed by atoms with Crippen LogP contribution < -0.4 is 0 Å². The lowest BCUT2D eigenvalue weighted by Gasteiger charge is -2.11. The van der Waals surface area contributed by atoms with E-state index in [1.165, 1.54) is 7.11 Å². The highest BCUT2D eigenvalue weighted by atomic mass is 28.3. The van der Waals surface area contributed by atoms with Crippen molar-refractivity contribution in [2.45, 2.75) is 33.5 Å². The lowest BCUT2D eigenvalue weighted by atomic mass is 10.1. The molecule has 160 valence electrons. The summed E-state index contributed by atoms with van der Waals surface area (Å²) in [7, 11) is -0.139. The van der Waals surface area contributed by atoms with Crippen LogP contribution in [0.1, 0.15) is 41.2 Å². The van der Waals surface area contributed by atoms with E-state index < -0.39 is 14.0 Å². The van der Waals surface area contributed by atoms with Crippen LogP contribution >= 0.6 is 0 Å². The molecule has 7 heteroatoms. The summed E-state index contributed by atoms with van der Waals surface area (Å²) in [5.41, 5.74) is 6.13. The Bertz CT molecular complexity index is 1080. The normalized spacial score (nSPS) is 10.6. The molecule has 0 saturated carbocycles. The molecule has 2 rings (SSSR count). The Kier molecular flexibility index (Phi) is 8.54. The van der Waals surface area contributed by atoms with Gasteiger partial charge in [0.15, 0.2) is 0 Å². The maximum atomic E-state index is 12.1. The van der Waals surface area contributed by atoms with Gasteiger partial charge in [0, 0.05) is 18.7 Å². The summed E-state index contributed by atoms with van der Waals surface area (Å²) < 4.78 is 4.85. The molecule has 0 aliphatic carbocycles. The average molecular weight is 433 g/mol. The topological polar surface area (TPSA) is 67.2 Å². The number of aromatic nitrogens is 1. The maximum absolute atomic E-state index is 12.1. The molecule has 0 aliphatic heterocycles. The third-order valence-corrected chi connectivity index (χ3v) is 4.88. The van der Waals surface area contributed by atoms with E-state index in [1.54, 1.807) is 18.2 Å². The number of hydrogen-bond donors (Lipinski definition) is 0. The van der Waals surface area contributed by atoms with E-state index in [-0.39, 0.29) is 0 Å². The molecule has 0 N–H and O–H groups in total. The molecule has 1 aromatic heterocycles. The van der Waals surface area contributed by atoms with Gasteiger partial charge in [-0.2, -0.15) is 0 Å². The quantitative estimate of drug-likeness (QED) is 0.223. The fraction of sp³-hybridized carbons (Fsp3) is 0.333. The molecule has 1 heterocycles. The van der Waals surface area contributed by atoms with Crippen molar-refractivity contribution >= 4 is 19.7 Å². The highest BCUT2D eigenvalue weighted by Crippen LogP contribution is 2.19. The second-order valence-corrected chi connectivity index (χ2v) is 12.5. The number of ether oxygens (including phenoxy) is 1. The van der Waals surface area contributed by atoms with Gasteiger partial charge in [0.05, 0.1) is 18.4 Å². The van der Waals surface area contributed by atoms with E-state index >= 15 is 0 Å². The minimum atomic E-state index is -1.48. The number of pyridine rings is 1. The average Bonchev–Trinajstić information content (AvgIpc) is 2.76. The number of esters is 1. The summed E-state index contributed by atoms with van der Waals surface area (Å²) in [6, 6.07) is 10.7. The zero-order valence-electron chi connectivity index (χ0n) is 19.0. The molecular weight excluding hydrogens is 404 g/mol. The van der Waals surface area contributed by atoms with Crippen molar-refractivity contribution in [3.05, 3.63) is 58.9 Å². The van der Waals surface area contributed by atoms with Crippen LogP contribution in [0.5, 0.6) is 0 Å². The van der Waals surface area contributed by atoms with Crippen molar-refractivity contribution in [3.63, 3.8) is 0 Å². The molecule has 0 atom stereocenters. The van der Waals surface area contributed by atoms with Crippen molar-refractivity contribution in [2.75, 3.05) is 20.2 Å². The highest BCUT2D eigenvalue weighted by molar-refractivity contribution is 6.83. The zero-order chi connectivity index (χ0) is 22.9. The first-order chi connectivity index (χ1) is 14.7. The number of benzene rings is 1. The summed E-state index contributed by atoms with van der Waals surface area (Å²) >= 11 is 0. The SMILES string of the molecule is CCN(CC)N=Nc1cc(C#Cc2cccc(C#C[Si](C)(C)C)n2)cc(C(=O)OC)c1. The third-order valence-electron chi connectivity index (χ3n) is 4.01. The standard InChI is InChI=1S/C24H28N4O2Si/c1-7-28(8-2)27-26-23-17-19(16-20(18-23)24(29)30-3)12-13-21-10-9-11-22(25-21)14-15-31(4,5)6/h9-11,16-18H,7-8H2,1-6H3. The number of nitrogens with zero attached hydrogens (tertiary/aromatic N) is 4. The van der Waals surface area contributed by atoms with Crippen molar-refractivity contribution in [1.82, 2.24) is 9.99 Å². The van der Waals surface area contributed by atoms with Gasteiger partial charge in [0.1, 0.15) is 19.5 Å². The first-order valence-electron chi connectivity index (χ1n) is 10.2. The van der Waals surface area contributed by atoms with E-state index in [4.69, 9.17) is 4.74 Å². The molecule has 0 unspecified atom stereocenters. The molecule has 2 aromatic rings. The molecule has 0 amide bonds. The number of methoxy groups -OCH3 is 1. The second kappa shape index (κ2) is 11.1. The van der Waals surface area contributed by atoms with E-state index in [0.29, 0.717) is 28.2 Å². The Labute approximate surface area is 185 Å². The minimum Gasteiger partial charge on any atom is -0.465 e. The van der Waals surface area contributed by atoms with Gasteiger partial charge in [-0.25, -0.2) is 9.78 Å². The van der Waals surface area contributed by atoms with Crippen LogP contribution in [-0.4, -0.2) is 44.2 Å². The van der Waals surface area contributed by atoms with Gasteiger partial charge in [-0.3, -0.25) is 5.01 Å². The lowest BCUT2D eigenvalue weighted by Crippen LogP contribution is -2.16. The summed E-state index contributed by atoms with van der Waals surface area (Å²) in [5.74, 6) is 8.79. The van der Waals surface area contributed by atoms with Crippen LogP contribution in [0.3, 0.4) is 0 Å². The maximum Gasteiger partial charge on any atom is 0.337 e. The summed E-state index contributed by atoms with van der Waals surface area (Å²) in [6.07, 6.45) is 0. The molecule has 0 radical (unpaired) electrons. The molecule has 31 heavy (non-hydrogen) atoms. The first kappa shape index (κ1) is 23.9. The Hall–Kier alpha value is -3.42. The van der Waals surface area contributed by atoms with Gasteiger partial charge in [0.25, 0.3) is 0 Å². The molecule has 0 spiro atoms. The van der Waals surface area contributed by atoms with Crippen LogP contribution in [0.25, 0.3) is 0 Å². The Morgan fingerprint density at radius 1 is 1.06 bits per heavy atom. The van der Waals surface area contributed by atoms with Crippen LogP contribution in [-0.2, 0) is 4.74 Å². The Morgan fingerprint density at radius 2 is 1.74 bits per heavy atom. The van der Waals surface area contributed by atoms with E-state index in [2.05, 4.69) is 58.3 Å². The molecule has 0 fully saturated rings. The number of carbonyl (C=O) groups excluding carboxylic acids is 1. The summed E-state index contributed by atoms with van der Waals surface area (Å²) in [5, 5.41) is 10.3. The Balaban J connectivity index is 2.39. The second-order valence-electron chi connectivity index (χ2n) is 7.75. The van der Waals surface area contributed by atoms with E-state index in [0.717, 1.165) is 13.1 Å². The molecule has 0 aliphatic rings. The van der Waals surface area contributed by atoms with Gasteiger partial charge >= 0.3 is 5.97 Å². The zero-order valence-corrected chi connectivity index (χ0v) is 20.0. The van der Waals surface area contributed by atoms with Crippen molar-refractivity contribution < 1.29 is 9.53 Å². The fourth-order valence-corrected chi connectivity index (χ4v) is 2.91. The lowest BCUT2D eigenvalue weighted by molar-refractivity contribution is 0.0600. The highest BCUT2D eigenvalue weighted by Gasteiger charge is 2.09. The van der Waals surface area contributed by atoms with E-state index in [9.17, 15) is 4.79 Å². The fourth-order valence-electron chi connectivity index (χ4n) is 2.40. The molecule has 6 nitrogen and oxygen atoms in total. The summed E-state index contributed by atoms with van der Waals surface area (Å²) in [6.45, 7) is 12.0. The molecular formula is C24H28N4O2Si. The first-order valence-corrected chi connectivity index (χ1v) is 13.7. The van der Waals surface area contributed by atoms with Gasteiger partial charge in [0.2, 0.25) is 0 Å². The van der Waals surface area contributed by atoms with Crippen LogP contribution in [0.15, 0.2) is 46.7 Å². The number of hydrogen-bond acceptors (Lipinski definition) is 5. The number of rotatable bonds is 5. The van der Waals surface area contributed by atoms with Crippen LogP contribution in [0, 0.1) is 23.3 Å². The van der Waals surface area contributed by atoms with Crippen LogP contribution in [0.4, 0.5) is 5.69 Å².